The van der Waals surface area contributed by atoms with Crippen LogP contribution in [-0.2, 0) is 0 Å². The second-order valence-corrected chi connectivity index (χ2v) is 3.15. The molecule has 0 aliphatic rings. The van der Waals surface area contributed by atoms with E-state index in [-0.39, 0.29) is 0 Å². The fourth-order valence-corrected chi connectivity index (χ4v) is 1.46. The Kier molecular flexibility index (Phi) is 2.82. The molecule has 0 unspecified atom stereocenters. The highest BCUT2D eigenvalue weighted by Gasteiger charge is 1.94. The number of hydrogen-bond acceptors (Lipinski definition) is 3. The van der Waals surface area contributed by atoms with Gasteiger partial charge in [-0.05, 0) is 23.9 Å². The Morgan fingerprint density at radius 1 is 1.83 bits per heavy atom. The monoisotopic (exact) mass is 183 g/mol. The van der Waals surface area contributed by atoms with Gasteiger partial charge in [-0.15, -0.1) is 11.3 Å². The third kappa shape index (κ3) is 2.35. The Labute approximate surface area is 74.1 Å². The van der Waals surface area contributed by atoms with Gasteiger partial charge in [-0.2, -0.15) is 5.10 Å². The molecule has 1 aromatic heterocycles. The summed E-state index contributed by atoms with van der Waals surface area (Å²) in [6.45, 7) is 1.97. The summed E-state index contributed by atoms with van der Waals surface area (Å²) in [6, 6.07) is 1.33. The molecule has 1 heterocycles. The Hall–Kier alpha value is -1.36. The number of rotatable bonds is 2. The maximum Gasteiger partial charge on any atom is 0.332 e. The lowest BCUT2D eigenvalue weighted by atomic mass is 10.3. The van der Waals surface area contributed by atoms with E-state index in [0.717, 1.165) is 10.4 Å². The Morgan fingerprint density at radius 2 is 2.58 bits per heavy atom. The molecule has 0 aliphatic heterocycles. The molecule has 0 saturated carbocycles. The fraction of sp³-hybridized carbons (Fsp3) is 0.143. The van der Waals surface area contributed by atoms with Gasteiger partial charge in [0.2, 0.25) is 0 Å². The largest absolute Gasteiger partial charge is 0.350 e. The first-order chi connectivity index (χ1) is 5.70. The number of aryl methyl sites for hydroxylation is 1. The zero-order chi connectivity index (χ0) is 8.97. The van der Waals surface area contributed by atoms with Crippen molar-refractivity contribution in [2.75, 3.05) is 0 Å². The van der Waals surface area contributed by atoms with E-state index in [9.17, 15) is 4.79 Å². The maximum absolute atomic E-state index is 10.2. The quantitative estimate of drug-likeness (QED) is 0.522. The molecule has 5 heteroatoms. The van der Waals surface area contributed by atoms with Crippen molar-refractivity contribution in [2.45, 2.75) is 6.92 Å². The van der Waals surface area contributed by atoms with E-state index in [1.165, 1.54) is 0 Å². The second kappa shape index (κ2) is 3.87. The van der Waals surface area contributed by atoms with Crippen LogP contribution in [0.15, 0.2) is 16.5 Å². The summed E-state index contributed by atoms with van der Waals surface area (Å²) < 4.78 is 0. The maximum atomic E-state index is 10.2. The minimum absolute atomic E-state index is 0.652. The third-order valence-corrected chi connectivity index (χ3v) is 2.21. The summed E-state index contributed by atoms with van der Waals surface area (Å²) in [6.07, 6.45) is 1.57. The van der Waals surface area contributed by atoms with Crippen molar-refractivity contribution in [2.24, 2.45) is 10.8 Å². The number of primary amides is 1. The highest BCUT2D eigenvalue weighted by molar-refractivity contribution is 7.11. The summed E-state index contributed by atoms with van der Waals surface area (Å²) in [5.74, 6) is 0. The average Bonchev–Trinajstić information content (AvgIpc) is 2.36. The summed E-state index contributed by atoms with van der Waals surface area (Å²) in [4.78, 5) is 11.2. The molecule has 0 atom stereocenters. The molecule has 1 rings (SSSR count). The molecule has 0 bridgehead atoms. The Bertz CT molecular complexity index is 305. The molecule has 0 spiro atoms. The number of hydrogen-bond donors (Lipinski definition) is 2. The van der Waals surface area contributed by atoms with E-state index in [4.69, 9.17) is 5.73 Å². The standard InChI is InChI=1S/C7H9N3OS/c1-5-2-3-12-6(5)4-9-10-7(8)11/h2-4H,1H3,(H3,8,10,11)/b9-4+. The van der Waals surface area contributed by atoms with Crippen LogP contribution in [0.3, 0.4) is 0 Å². The number of thiophene rings is 1. The van der Waals surface area contributed by atoms with E-state index < -0.39 is 6.03 Å². The van der Waals surface area contributed by atoms with Gasteiger partial charge in [0.05, 0.1) is 6.21 Å². The minimum Gasteiger partial charge on any atom is -0.350 e. The zero-order valence-corrected chi connectivity index (χ0v) is 7.39. The lowest BCUT2D eigenvalue weighted by Gasteiger charge is -1.90. The molecule has 0 fully saturated rings. The van der Waals surface area contributed by atoms with Crippen LogP contribution in [0.1, 0.15) is 10.4 Å². The number of carbonyl (C=O) groups excluding carboxylic acids is 1. The number of nitrogens with one attached hydrogen (secondary N) is 1. The average molecular weight is 183 g/mol. The van der Waals surface area contributed by atoms with Gasteiger partial charge in [0.15, 0.2) is 0 Å². The molecule has 64 valence electrons. The predicted molar refractivity (Wildman–Crippen MR) is 49.4 cm³/mol. The van der Waals surface area contributed by atoms with Crippen LogP contribution >= 0.6 is 11.3 Å². The lowest BCUT2D eigenvalue weighted by Crippen LogP contribution is -2.24. The highest BCUT2D eigenvalue weighted by Crippen LogP contribution is 2.11. The van der Waals surface area contributed by atoms with Gasteiger partial charge < -0.3 is 5.73 Å². The topological polar surface area (TPSA) is 67.5 Å². The SMILES string of the molecule is Cc1ccsc1/C=N/NC(N)=O. The third-order valence-electron chi connectivity index (χ3n) is 1.26. The lowest BCUT2D eigenvalue weighted by molar-refractivity contribution is 0.249. The number of nitrogens with two attached hydrogens (primary N) is 1. The van der Waals surface area contributed by atoms with Crippen LogP contribution in [0.2, 0.25) is 0 Å². The van der Waals surface area contributed by atoms with Crippen LogP contribution in [-0.4, -0.2) is 12.2 Å². The molecular formula is C7H9N3OS. The minimum atomic E-state index is -0.652. The van der Waals surface area contributed by atoms with Crippen molar-refractivity contribution in [3.8, 4) is 0 Å². The first kappa shape index (κ1) is 8.73. The molecule has 1 aromatic rings. The first-order valence-corrected chi connectivity index (χ1v) is 4.20. The normalized spacial score (nSPS) is 10.4. The van der Waals surface area contributed by atoms with Crippen LogP contribution in [0.25, 0.3) is 0 Å². The van der Waals surface area contributed by atoms with Crippen LogP contribution in [0.4, 0.5) is 4.79 Å². The van der Waals surface area contributed by atoms with Crippen molar-refractivity contribution in [3.05, 3.63) is 21.9 Å². The summed E-state index contributed by atoms with van der Waals surface area (Å²) >= 11 is 1.56. The van der Waals surface area contributed by atoms with Crippen molar-refractivity contribution in [3.63, 3.8) is 0 Å². The number of hydrazone groups is 1. The van der Waals surface area contributed by atoms with Gasteiger partial charge >= 0.3 is 6.03 Å². The molecule has 12 heavy (non-hydrogen) atoms. The van der Waals surface area contributed by atoms with Crippen molar-refractivity contribution >= 4 is 23.6 Å². The van der Waals surface area contributed by atoms with Gasteiger partial charge in [0, 0.05) is 4.88 Å². The number of amides is 2. The summed E-state index contributed by atoms with van der Waals surface area (Å²) in [5.41, 5.74) is 8.07. The molecule has 0 aliphatic carbocycles. The van der Waals surface area contributed by atoms with Crippen LogP contribution in [0.5, 0.6) is 0 Å². The predicted octanol–water partition coefficient (Wildman–Crippen LogP) is 1.06. The molecule has 0 aromatic carbocycles. The Balaban J connectivity index is 2.57. The summed E-state index contributed by atoms with van der Waals surface area (Å²) in [7, 11) is 0. The number of carbonyl (C=O) groups is 1. The van der Waals surface area contributed by atoms with E-state index in [0.29, 0.717) is 0 Å². The second-order valence-electron chi connectivity index (χ2n) is 2.20. The first-order valence-electron chi connectivity index (χ1n) is 3.33. The zero-order valence-electron chi connectivity index (χ0n) is 6.57. The van der Waals surface area contributed by atoms with Gasteiger partial charge in [0.25, 0.3) is 0 Å². The van der Waals surface area contributed by atoms with E-state index >= 15 is 0 Å². The molecule has 0 radical (unpaired) electrons. The van der Waals surface area contributed by atoms with E-state index in [1.807, 2.05) is 18.4 Å². The van der Waals surface area contributed by atoms with Crippen molar-refractivity contribution < 1.29 is 4.79 Å². The molecule has 3 N–H and O–H groups in total. The van der Waals surface area contributed by atoms with Gasteiger partial charge in [0.1, 0.15) is 0 Å². The van der Waals surface area contributed by atoms with Crippen molar-refractivity contribution in [1.82, 2.24) is 5.43 Å². The Morgan fingerprint density at radius 3 is 3.08 bits per heavy atom. The fourth-order valence-electron chi connectivity index (χ4n) is 0.671. The van der Waals surface area contributed by atoms with Crippen molar-refractivity contribution in [1.29, 1.82) is 0 Å². The van der Waals surface area contributed by atoms with Crippen LogP contribution in [0, 0.1) is 6.92 Å². The molecular weight excluding hydrogens is 174 g/mol. The number of nitrogens with zero attached hydrogens (tertiary/aromatic N) is 1. The molecule has 4 nitrogen and oxygen atoms in total. The highest BCUT2D eigenvalue weighted by atomic mass is 32.1. The molecule has 0 saturated heterocycles. The van der Waals surface area contributed by atoms with Gasteiger partial charge in [-0.1, -0.05) is 0 Å². The van der Waals surface area contributed by atoms with Gasteiger partial charge in [-0.3, -0.25) is 0 Å². The van der Waals surface area contributed by atoms with Crippen LogP contribution < -0.4 is 11.2 Å². The number of urea groups is 1. The smallest absolute Gasteiger partial charge is 0.332 e. The van der Waals surface area contributed by atoms with Gasteiger partial charge in [-0.25, -0.2) is 10.2 Å². The van der Waals surface area contributed by atoms with E-state index in [1.54, 1.807) is 17.6 Å². The van der Waals surface area contributed by atoms with E-state index in [2.05, 4.69) is 10.5 Å². The molecule has 2 amide bonds. The summed E-state index contributed by atoms with van der Waals surface area (Å²) in [5, 5.41) is 5.59.